The molecule has 0 amide bonds. The van der Waals surface area contributed by atoms with Crippen molar-refractivity contribution in [3.05, 3.63) is 29.8 Å². The van der Waals surface area contributed by atoms with Crippen LogP contribution in [0.2, 0.25) is 0 Å². The Kier molecular flexibility index (Phi) is 5.12. The third-order valence-electron chi connectivity index (χ3n) is 1.82. The van der Waals surface area contributed by atoms with Crippen molar-refractivity contribution in [3.8, 4) is 0 Å². The first-order valence-corrected chi connectivity index (χ1v) is 5.77. The van der Waals surface area contributed by atoms with Crippen LogP contribution in [0, 0.1) is 0 Å². The smallest absolute Gasteiger partial charge is 0.344 e. The van der Waals surface area contributed by atoms with E-state index in [1.54, 1.807) is 0 Å². The van der Waals surface area contributed by atoms with Gasteiger partial charge in [-0.3, -0.25) is 0 Å². The third-order valence-corrected chi connectivity index (χ3v) is 3.08. The standard InChI is InChI=1S/C9H9F3O3S.H3N/c1-2-7-3-5-8(6-4-7)16(13,14)15-9(10,11)12;/h3-6H,2H2,1H3;1H3. The summed E-state index contributed by atoms with van der Waals surface area (Å²) in [6.45, 7) is 1.84. The predicted molar refractivity (Wildman–Crippen MR) is 55.2 cm³/mol. The molecule has 0 heterocycles. The Labute approximate surface area is 97.1 Å². The summed E-state index contributed by atoms with van der Waals surface area (Å²) in [7, 11) is -4.77. The van der Waals surface area contributed by atoms with Crippen LogP contribution in [0.5, 0.6) is 0 Å². The van der Waals surface area contributed by atoms with Crippen LogP contribution in [-0.4, -0.2) is 14.8 Å². The molecule has 0 atom stereocenters. The van der Waals surface area contributed by atoms with Crippen LogP contribution in [0.3, 0.4) is 0 Å². The van der Waals surface area contributed by atoms with E-state index in [4.69, 9.17) is 0 Å². The van der Waals surface area contributed by atoms with E-state index in [0.717, 1.165) is 17.7 Å². The summed E-state index contributed by atoms with van der Waals surface area (Å²) in [6, 6.07) is 5.04. The van der Waals surface area contributed by atoms with E-state index in [2.05, 4.69) is 4.18 Å². The molecule has 0 saturated heterocycles. The number of aryl methyl sites for hydroxylation is 1. The van der Waals surface area contributed by atoms with Crippen LogP contribution in [0.1, 0.15) is 12.5 Å². The Bertz CT molecular complexity index is 453. The van der Waals surface area contributed by atoms with Crippen molar-refractivity contribution in [2.45, 2.75) is 24.6 Å². The van der Waals surface area contributed by atoms with Gasteiger partial charge < -0.3 is 6.15 Å². The van der Waals surface area contributed by atoms with E-state index in [1.165, 1.54) is 12.1 Å². The molecular formula is C9H12F3NO3S. The highest BCUT2D eigenvalue weighted by atomic mass is 32.2. The van der Waals surface area contributed by atoms with Gasteiger partial charge in [0.25, 0.3) is 0 Å². The van der Waals surface area contributed by atoms with Crippen molar-refractivity contribution in [3.63, 3.8) is 0 Å². The van der Waals surface area contributed by atoms with Crippen LogP contribution in [-0.2, 0) is 20.7 Å². The molecule has 0 saturated carbocycles. The van der Waals surface area contributed by atoms with Gasteiger partial charge in [0.05, 0.1) is 4.90 Å². The second kappa shape index (κ2) is 5.48. The van der Waals surface area contributed by atoms with Gasteiger partial charge in [-0.05, 0) is 24.1 Å². The van der Waals surface area contributed by atoms with Gasteiger partial charge in [-0.1, -0.05) is 19.1 Å². The zero-order valence-electron chi connectivity index (χ0n) is 8.99. The summed E-state index contributed by atoms with van der Waals surface area (Å²) < 4.78 is 60.6. The van der Waals surface area contributed by atoms with E-state index >= 15 is 0 Å². The molecule has 0 aliphatic rings. The molecule has 0 spiro atoms. The lowest BCUT2D eigenvalue weighted by atomic mass is 10.2. The highest BCUT2D eigenvalue weighted by molar-refractivity contribution is 7.86. The highest BCUT2D eigenvalue weighted by Gasteiger charge is 2.37. The van der Waals surface area contributed by atoms with E-state index < -0.39 is 21.4 Å². The lowest BCUT2D eigenvalue weighted by Crippen LogP contribution is -2.19. The fourth-order valence-corrected chi connectivity index (χ4v) is 1.88. The van der Waals surface area contributed by atoms with Crippen LogP contribution in [0.15, 0.2) is 29.2 Å². The third kappa shape index (κ3) is 4.72. The topological polar surface area (TPSA) is 78.4 Å². The first kappa shape index (κ1) is 15.9. The van der Waals surface area contributed by atoms with Gasteiger partial charge in [-0.15, -0.1) is 13.2 Å². The second-order valence-electron chi connectivity index (χ2n) is 2.98. The normalized spacial score (nSPS) is 12.0. The molecule has 0 bridgehead atoms. The number of halogens is 3. The fraction of sp³-hybridized carbons (Fsp3) is 0.333. The molecule has 1 aromatic rings. The van der Waals surface area contributed by atoms with Gasteiger partial charge in [0.2, 0.25) is 0 Å². The summed E-state index contributed by atoms with van der Waals surface area (Å²) in [5.74, 6) is 0. The molecule has 8 heteroatoms. The first-order chi connectivity index (χ1) is 7.24. The van der Waals surface area contributed by atoms with Crippen molar-refractivity contribution < 1.29 is 25.8 Å². The number of hydrogen-bond acceptors (Lipinski definition) is 4. The van der Waals surface area contributed by atoms with Gasteiger partial charge in [-0.2, -0.15) is 12.6 Å². The second-order valence-corrected chi connectivity index (χ2v) is 4.53. The van der Waals surface area contributed by atoms with Crippen molar-refractivity contribution in [1.82, 2.24) is 6.15 Å². The molecule has 17 heavy (non-hydrogen) atoms. The fourth-order valence-electron chi connectivity index (χ4n) is 1.06. The molecule has 98 valence electrons. The predicted octanol–water partition coefficient (Wildman–Crippen LogP) is 2.64. The number of benzene rings is 1. The van der Waals surface area contributed by atoms with E-state index in [9.17, 15) is 21.6 Å². The van der Waals surface area contributed by atoms with Crippen molar-refractivity contribution in [2.75, 3.05) is 0 Å². The molecule has 0 aliphatic heterocycles. The zero-order chi connectivity index (χ0) is 12.4. The Balaban J connectivity index is 0.00000256. The molecule has 1 aromatic carbocycles. The number of rotatable bonds is 3. The highest BCUT2D eigenvalue weighted by Crippen LogP contribution is 2.24. The van der Waals surface area contributed by atoms with Gasteiger partial charge in [0, 0.05) is 0 Å². The van der Waals surface area contributed by atoms with Crippen molar-refractivity contribution >= 4 is 10.1 Å². The molecule has 3 N–H and O–H groups in total. The zero-order valence-corrected chi connectivity index (χ0v) is 9.81. The average Bonchev–Trinajstić information content (AvgIpc) is 2.14. The Morgan fingerprint density at radius 1 is 1.18 bits per heavy atom. The molecular weight excluding hydrogens is 259 g/mol. The molecule has 0 aliphatic carbocycles. The minimum atomic E-state index is -5.21. The molecule has 1 rings (SSSR count). The van der Waals surface area contributed by atoms with E-state index in [1.807, 2.05) is 6.92 Å². The van der Waals surface area contributed by atoms with Crippen LogP contribution < -0.4 is 6.15 Å². The van der Waals surface area contributed by atoms with Crippen molar-refractivity contribution in [1.29, 1.82) is 0 Å². The maximum absolute atomic E-state index is 11.8. The molecule has 0 unspecified atom stereocenters. The molecule has 4 nitrogen and oxygen atoms in total. The maximum Gasteiger partial charge on any atom is 0.537 e. The van der Waals surface area contributed by atoms with Crippen LogP contribution >= 0.6 is 0 Å². The van der Waals surface area contributed by atoms with Crippen molar-refractivity contribution in [2.24, 2.45) is 0 Å². The summed E-state index contributed by atoms with van der Waals surface area (Å²) in [6.07, 6.45) is -4.54. The van der Waals surface area contributed by atoms with Gasteiger partial charge in [0.1, 0.15) is 0 Å². The SMILES string of the molecule is CCc1ccc(S(=O)(=O)OC(F)(F)F)cc1.N. The molecule has 0 fully saturated rings. The quantitative estimate of drug-likeness (QED) is 0.857. The first-order valence-electron chi connectivity index (χ1n) is 4.36. The Morgan fingerprint density at radius 2 is 1.65 bits per heavy atom. The van der Waals surface area contributed by atoms with Gasteiger partial charge >= 0.3 is 16.5 Å². The minimum Gasteiger partial charge on any atom is -0.344 e. The van der Waals surface area contributed by atoms with Gasteiger partial charge in [0.15, 0.2) is 0 Å². The summed E-state index contributed by atoms with van der Waals surface area (Å²) >= 11 is 0. The lowest BCUT2D eigenvalue weighted by Gasteiger charge is -2.08. The monoisotopic (exact) mass is 271 g/mol. The average molecular weight is 271 g/mol. The number of alkyl halides is 3. The largest absolute Gasteiger partial charge is 0.537 e. The van der Waals surface area contributed by atoms with Crippen LogP contribution in [0.25, 0.3) is 0 Å². The summed E-state index contributed by atoms with van der Waals surface area (Å²) in [5, 5.41) is 0. The molecule has 0 aromatic heterocycles. The Morgan fingerprint density at radius 3 is 2.00 bits per heavy atom. The van der Waals surface area contributed by atoms with Gasteiger partial charge in [-0.25, -0.2) is 0 Å². The Hall–Kier alpha value is -1.12. The summed E-state index contributed by atoms with van der Waals surface area (Å²) in [4.78, 5) is -0.512. The lowest BCUT2D eigenvalue weighted by molar-refractivity contribution is -0.271. The maximum atomic E-state index is 11.8. The minimum absolute atomic E-state index is 0. The molecule has 0 radical (unpaired) electrons. The number of hydrogen-bond donors (Lipinski definition) is 1. The summed E-state index contributed by atoms with van der Waals surface area (Å²) in [5.41, 5.74) is 0.825. The van der Waals surface area contributed by atoms with Crippen LogP contribution in [0.4, 0.5) is 13.2 Å². The van der Waals surface area contributed by atoms with E-state index in [0.29, 0.717) is 6.42 Å². The van der Waals surface area contributed by atoms with E-state index in [-0.39, 0.29) is 6.15 Å².